The summed E-state index contributed by atoms with van der Waals surface area (Å²) < 4.78 is 65.4. The van der Waals surface area contributed by atoms with E-state index in [0.29, 0.717) is 99.6 Å². The first kappa shape index (κ1) is 43.1. The van der Waals surface area contributed by atoms with E-state index in [2.05, 4.69) is 25.0 Å². The van der Waals surface area contributed by atoms with Gasteiger partial charge in [-0.3, -0.25) is 9.59 Å². The number of hydrogen-bond acceptors (Lipinski definition) is 9. The summed E-state index contributed by atoms with van der Waals surface area (Å²) in [6.07, 6.45) is 7.65. The minimum Gasteiger partial charge on any atom is -0.453 e. The van der Waals surface area contributed by atoms with E-state index < -0.39 is 51.1 Å². The van der Waals surface area contributed by atoms with Gasteiger partial charge in [0.1, 0.15) is 41.1 Å². The summed E-state index contributed by atoms with van der Waals surface area (Å²) in [7, 11) is -2.43. The molecule has 3 amide bonds. The van der Waals surface area contributed by atoms with Crippen LogP contribution in [0, 0.1) is 11.6 Å². The van der Waals surface area contributed by atoms with E-state index in [9.17, 15) is 22.8 Å². The molecule has 5 aromatic rings. The first-order valence-corrected chi connectivity index (χ1v) is 23.4. The van der Waals surface area contributed by atoms with Crippen molar-refractivity contribution in [3.05, 3.63) is 125 Å². The number of sulfonamides is 1. The van der Waals surface area contributed by atoms with Gasteiger partial charge in [0, 0.05) is 49.6 Å². The van der Waals surface area contributed by atoms with Gasteiger partial charge in [0.2, 0.25) is 15.9 Å². The van der Waals surface area contributed by atoms with Crippen LogP contribution in [0.5, 0.6) is 0 Å². The Labute approximate surface area is 370 Å². The van der Waals surface area contributed by atoms with Gasteiger partial charge in [0.05, 0.1) is 36.3 Å². The minimum atomic E-state index is -3.66. The number of ether oxygens (including phenoxy) is 1. The fourth-order valence-electron chi connectivity index (χ4n) is 9.43. The molecule has 3 saturated heterocycles. The number of aromatic amines is 2. The lowest BCUT2D eigenvalue weighted by molar-refractivity contribution is -0.135. The number of hydrogen-bond donors (Lipinski definition) is 4. The highest BCUT2D eigenvalue weighted by atomic mass is 32.2. The van der Waals surface area contributed by atoms with Crippen molar-refractivity contribution in [1.29, 1.82) is 0 Å². The van der Waals surface area contributed by atoms with Crippen molar-refractivity contribution < 1.29 is 36.3 Å². The molecule has 1 aliphatic carbocycles. The van der Waals surface area contributed by atoms with Crippen molar-refractivity contribution >= 4 is 33.6 Å². The number of nitrogens with one attached hydrogen (secondary N) is 4. The lowest BCUT2D eigenvalue weighted by atomic mass is 9.93. The Balaban J connectivity index is 0.846. The van der Waals surface area contributed by atoms with Crippen molar-refractivity contribution in [2.75, 3.05) is 38.2 Å². The Morgan fingerprint density at radius 2 is 1.28 bits per heavy atom. The third-order valence-electron chi connectivity index (χ3n) is 12.9. The molecule has 1 saturated carbocycles. The van der Waals surface area contributed by atoms with Crippen LogP contribution in [0.2, 0.25) is 0 Å². The highest BCUT2D eigenvalue weighted by Crippen LogP contribution is 2.39. The standard InChI is InChI=1S/C46H51F2N9O6S/c1-63-46(60)53-39(29-10-4-2-5-11-29)44(58)56-20-8-14-37(56)43-50-27-36(52-43)31-24-33(47)41(34(48)25-31)55-22-18-28(19-23-55)35-26-49-42(51-35)38-15-9-21-57(38)45(59)40(30-12-6-3-7-13-30)54-64(61,62)32-16-17-32/h2-7,10-13,24-28,32,37-40,54H,8-9,14-23H2,1H3,(H,49,51)(H,50,52)(H,53,60). The number of alkyl carbamates (subject to hydrolysis) is 1. The molecule has 4 aliphatic rings. The van der Waals surface area contributed by atoms with Crippen LogP contribution in [0.25, 0.3) is 11.3 Å². The maximum Gasteiger partial charge on any atom is 0.407 e. The number of carbonyl (C=O) groups is 3. The van der Waals surface area contributed by atoms with E-state index in [1.165, 1.54) is 25.4 Å². The molecular weight excluding hydrogens is 845 g/mol. The zero-order valence-corrected chi connectivity index (χ0v) is 36.2. The lowest BCUT2D eigenvalue weighted by Crippen LogP contribution is -2.43. The first-order valence-electron chi connectivity index (χ1n) is 21.9. The van der Waals surface area contributed by atoms with E-state index in [1.807, 2.05) is 12.1 Å². The number of carbonyl (C=O) groups excluding carboxylic acids is 3. The van der Waals surface area contributed by atoms with Crippen molar-refractivity contribution in [1.82, 2.24) is 39.8 Å². The molecule has 4 atom stereocenters. The molecule has 2 aromatic heterocycles. The maximum absolute atomic E-state index is 15.9. The Kier molecular flexibility index (Phi) is 12.2. The zero-order chi connectivity index (χ0) is 44.5. The molecule has 5 heterocycles. The smallest absolute Gasteiger partial charge is 0.407 e. The van der Waals surface area contributed by atoms with Gasteiger partial charge in [0.15, 0.2) is 0 Å². The first-order chi connectivity index (χ1) is 31.0. The number of methoxy groups -OCH3 is 1. The molecule has 0 bridgehead atoms. The predicted octanol–water partition coefficient (Wildman–Crippen LogP) is 6.71. The molecule has 15 nitrogen and oxygen atoms in total. The van der Waals surface area contributed by atoms with Crippen molar-refractivity contribution in [2.45, 2.75) is 86.7 Å². The van der Waals surface area contributed by atoms with Gasteiger partial charge in [-0.25, -0.2) is 32.0 Å². The topological polar surface area (TPSA) is 186 Å². The molecule has 4 fully saturated rings. The van der Waals surface area contributed by atoms with Gasteiger partial charge in [-0.2, -0.15) is 4.72 Å². The second-order valence-electron chi connectivity index (χ2n) is 17.0. The van der Waals surface area contributed by atoms with Crippen LogP contribution in [0.1, 0.15) is 110 Å². The molecule has 3 aromatic carbocycles. The Hall–Kier alpha value is -6.14. The van der Waals surface area contributed by atoms with Crippen LogP contribution < -0.4 is 14.9 Å². The monoisotopic (exact) mass is 895 g/mol. The second kappa shape index (κ2) is 18.2. The number of likely N-dealkylation sites (tertiary alicyclic amines) is 2. The number of imidazole rings is 2. The average Bonchev–Trinajstić information content (AvgIpc) is 3.73. The van der Waals surface area contributed by atoms with Gasteiger partial charge in [-0.15, -0.1) is 0 Å². The summed E-state index contributed by atoms with van der Waals surface area (Å²) in [5.41, 5.74) is 2.64. The van der Waals surface area contributed by atoms with Crippen LogP contribution in [-0.4, -0.2) is 94.6 Å². The van der Waals surface area contributed by atoms with E-state index in [-0.39, 0.29) is 35.0 Å². The molecule has 4 unspecified atom stereocenters. The molecule has 9 rings (SSSR count). The van der Waals surface area contributed by atoms with Crippen LogP contribution >= 0.6 is 0 Å². The normalized spacial score (nSPS) is 20.3. The molecule has 18 heteroatoms. The van der Waals surface area contributed by atoms with E-state index in [1.54, 1.807) is 69.4 Å². The molecule has 0 spiro atoms. The van der Waals surface area contributed by atoms with Crippen molar-refractivity contribution in [3.8, 4) is 11.3 Å². The predicted molar refractivity (Wildman–Crippen MR) is 233 cm³/mol. The molecule has 64 heavy (non-hydrogen) atoms. The van der Waals surface area contributed by atoms with E-state index in [4.69, 9.17) is 9.72 Å². The fourth-order valence-corrected chi connectivity index (χ4v) is 10.9. The molecule has 4 N–H and O–H groups in total. The number of amides is 3. The third kappa shape index (κ3) is 8.85. The SMILES string of the molecule is COC(=O)NC(C(=O)N1CCCC1c1ncc(-c2cc(F)c(N3CCC(c4cnc(C5CCCN5C(=O)C(NS(=O)(=O)C5CC5)c5ccccc5)[nH]4)CC3)c(F)c2)[nH]1)c1ccccc1. The summed E-state index contributed by atoms with van der Waals surface area (Å²) in [6.45, 7) is 1.70. The number of anilines is 1. The number of aromatic nitrogens is 4. The Morgan fingerprint density at radius 3 is 1.86 bits per heavy atom. The van der Waals surface area contributed by atoms with E-state index in [0.717, 1.165) is 12.1 Å². The highest BCUT2D eigenvalue weighted by molar-refractivity contribution is 7.90. The Morgan fingerprint density at radius 1 is 0.734 bits per heavy atom. The summed E-state index contributed by atoms with van der Waals surface area (Å²) in [5.74, 6) is -0.903. The van der Waals surface area contributed by atoms with E-state index >= 15 is 8.78 Å². The summed E-state index contributed by atoms with van der Waals surface area (Å²) in [4.78, 5) is 61.3. The van der Waals surface area contributed by atoms with Gasteiger partial charge in [-0.05, 0) is 74.6 Å². The molecule has 0 radical (unpaired) electrons. The number of rotatable bonds is 13. The second-order valence-corrected chi connectivity index (χ2v) is 19.0. The lowest BCUT2D eigenvalue weighted by Gasteiger charge is -2.33. The number of halogens is 2. The van der Waals surface area contributed by atoms with Gasteiger partial charge in [0.25, 0.3) is 5.91 Å². The largest absolute Gasteiger partial charge is 0.453 e. The van der Waals surface area contributed by atoms with Crippen molar-refractivity contribution in [2.24, 2.45) is 0 Å². The zero-order valence-electron chi connectivity index (χ0n) is 35.4. The molecule has 3 aliphatic heterocycles. The highest BCUT2D eigenvalue weighted by Gasteiger charge is 2.43. The third-order valence-corrected chi connectivity index (χ3v) is 14.9. The Bertz CT molecular complexity index is 2580. The van der Waals surface area contributed by atoms with Crippen LogP contribution in [0.4, 0.5) is 19.3 Å². The van der Waals surface area contributed by atoms with Gasteiger partial charge in [-0.1, -0.05) is 60.7 Å². The fraction of sp³-hybridized carbons (Fsp3) is 0.413. The maximum atomic E-state index is 15.9. The molecular formula is C46H51F2N9O6S. The van der Waals surface area contributed by atoms with Gasteiger partial charge < -0.3 is 34.7 Å². The minimum absolute atomic E-state index is 0.0422. The van der Waals surface area contributed by atoms with Crippen LogP contribution in [0.3, 0.4) is 0 Å². The van der Waals surface area contributed by atoms with Gasteiger partial charge >= 0.3 is 6.09 Å². The van der Waals surface area contributed by atoms with Crippen molar-refractivity contribution in [3.63, 3.8) is 0 Å². The number of piperidine rings is 1. The average molecular weight is 896 g/mol. The van der Waals surface area contributed by atoms with Crippen LogP contribution in [0.15, 0.2) is 85.2 Å². The quantitative estimate of drug-likeness (QED) is 0.0998. The number of H-pyrrole nitrogens is 2. The number of benzene rings is 3. The van der Waals surface area contributed by atoms with Crippen LogP contribution in [-0.2, 0) is 24.3 Å². The summed E-state index contributed by atoms with van der Waals surface area (Å²) in [6, 6.07) is 17.6. The number of nitrogens with zero attached hydrogens (tertiary/aromatic N) is 5. The summed E-state index contributed by atoms with van der Waals surface area (Å²) >= 11 is 0. The molecule has 336 valence electrons. The summed E-state index contributed by atoms with van der Waals surface area (Å²) in [5, 5.41) is 2.17.